The molecule has 0 atom stereocenters. The lowest BCUT2D eigenvalue weighted by molar-refractivity contribution is 0.104. The molecule has 2 aromatic rings. The lowest BCUT2D eigenvalue weighted by Gasteiger charge is -2.02. The fourth-order valence-electron chi connectivity index (χ4n) is 1.71. The first-order valence-corrected chi connectivity index (χ1v) is 8.38. The largest absolute Gasteiger partial charge is 0.289 e. The highest BCUT2D eigenvalue weighted by Gasteiger charge is 2.15. The summed E-state index contributed by atoms with van der Waals surface area (Å²) in [4.78, 5) is 15.4. The van der Waals surface area contributed by atoms with E-state index in [1.165, 1.54) is 24.4 Å². The highest BCUT2D eigenvalue weighted by atomic mass is 35.5. The van der Waals surface area contributed by atoms with E-state index in [4.69, 9.17) is 11.6 Å². The number of ketones is 1. The number of hydrogen-bond acceptors (Lipinski definition) is 4. The Morgan fingerprint density at radius 2 is 2.00 bits per heavy atom. The molecule has 114 valence electrons. The fraction of sp³-hybridized carbons (Fsp3) is 0.0667. The Morgan fingerprint density at radius 1 is 1.27 bits per heavy atom. The van der Waals surface area contributed by atoms with E-state index in [1.54, 1.807) is 12.1 Å². The zero-order valence-electron chi connectivity index (χ0n) is 11.5. The Labute approximate surface area is 132 Å². The second kappa shape index (κ2) is 6.37. The molecule has 0 fully saturated rings. The summed E-state index contributed by atoms with van der Waals surface area (Å²) in [5.74, 6) is -1.40. The molecule has 0 amide bonds. The average molecular weight is 340 g/mol. The van der Waals surface area contributed by atoms with Crippen LogP contribution in [0.5, 0.6) is 0 Å². The van der Waals surface area contributed by atoms with Crippen LogP contribution in [0.4, 0.5) is 4.39 Å². The van der Waals surface area contributed by atoms with Crippen LogP contribution in [0.1, 0.15) is 15.9 Å². The van der Waals surface area contributed by atoms with Crippen LogP contribution >= 0.6 is 11.6 Å². The second-order valence-electron chi connectivity index (χ2n) is 4.53. The Bertz CT molecular complexity index is 846. The van der Waals surface area contributed by atoms with Gasteiger partial charge in [-0.15, -0.1) is 0 Å². The average Bonchev–Trinajstić information content (AvgIpc) is 2.45. The number of nitrogens with zero attached hydrogens (tertiary/aromatic N) is 1. The maximum absolute atomic E-state index is 13.7. The van der Waals surface area contributed by atoms with Crippen LogP contribution < -0.4 is 0 Å². The van der Waals surface area contributed by atoms with Gasteiger partial charge < -0.3 is 0 Å². The zero-order chi connectivity index (χ0) is 16.3. The molecular weight excluding hydrogens is 329 g/mol. The minimum absolute atomic E-state index is 0.0584. The first-order valence-electron chi connectivity index (χ1n) is 6.11. The SMILES string of the molecule is CS(=O)(=O)c1ccc(C(=O)C=Cc2ccc(Cl)nc2)cc1F. The molecule has 1 aromatic heterocycles. The molecule has 1 aromatic carbocycles. The molecule has 0 saturated heterocycles. The van der Waals surface area contributed by atoms with Gasteiger partial charge in [0.25, 0.3) is 0 Å². The maximum Gasteiger partial charge on any atom is 0.185 e. The van der Waals surface area contributed by atoms with Crippen molar-refractivity contribution in [3.05, 3.63) is 64.7 Å². The number of carbonyl (C=O) groups is 1. The number of hydrogen-bond donors (Lipinski definition) is 0. The number of halogens is 2. The van der Waals surface area contributed by atoms with E-state index in [2.05, 4.69) is 4.98 Å². The smallest absolute Gasteiger partial charge is 0.185 e. The molecule has 0 unspecified atom stereocenters. The second-order valence-corrected chi connectivity index (χ2v) is 6.90. The first kappa shape index (κ1) is 16.3. The van der Waals surface area contributed by atoms with Gasteiger partial charge in [0.05, 0.1) is 0 Å². The molecule has 0 aliphatic rings. The summed E-state index contributed by atoms with van der Waals surface area (Å²) in [6, 6.07) is 6.50. The Morgan fingerprint density at radius 3 is 2.55 bits per heavy atom. The number of pyridine rings is 1. The molecule has 0 N–H and O–H groups in total. The number of benzene rings is 1. The lowest BCUT2D eigenvalue weighted by atomic mass is 10.1. The van der Waals surface area contributed by atoms with Crippen molar-refractivity contribution in [3.8, 4) is 0 Å². The maximum atomic E-state index is 13.7. The first-order chi connectivity index (χ1) is 10.3. The highest BCUT2D eigenvalue weighted by molar-refractivity contribution is 7.90. The van der Waals surface area contributed by atoms with Crippen LogP contribution in [0, 0.1) is 5.82 Å². The molecule has 22 heavy (non-hydrogen) atoms. The number of carbonyl (C=O) groups excluding carboxylic acids is 1. The van der Waals surface area contributed by atoms with Crippen LogP contribution in [0.25, 0.3) is 6.08 Å². The predicted octanol–water partition coefficient (Wildman–Crippen LogP) is 3.17. The summed E-state index contributed by atoms with van der Waals surface area (Å²) in [5, 5.41) is 0.335. The van der Waals surface area contributed by atoms with Gasteiger partial charge in [0.2, 0.25) is 0 Å². The fourth-order valence-corrected chi connectivity index (χ4v) is 2.55. The van der Waals surface area contributed by atoms with Gasteiger partial charge in [-0.05, 0) is 42.0 Å². The summed E-state index contributed by atoms with van der Waals surface area (Å²) in [6.45, 7) is 0. The van der Waals surface area contributed by atoms with E-state index >= 15 is 0 Å². The van der Waals surface area contributed by atoms with Crippen molar-refractivity contribution in [2.45, 2.75) is 4.90 Å². The number of sulfone groups is 1. The van der Waals surface area contributed by atoms with Gasteiger partial charge in [0.15, 0.2) is 15.6 Å². The van der Waals surface area contributed by atoms with Crippen LogP contribution in [-0.2, 0) is 9.84 Å². The molecule has 4 nitrogen and oxygen atoms in total. The van der Waals surface area contributed by atoms with Crippen molar-refractivity contribution in [1.82, 2.24) is 4.98 Å². The summed E-state index contributed by atoms with van der Waals surface area (Å²) < 4.78 is 36.4. The summed E-state index contributed by atoms with van der Waals surface area (Å²) >= 11 is 5.65. The highest BCUT2D eigenvalue weighted by Crippen LogP contribution is 2.17. The van der Waals surface area contributed by atoms with Crippen molar-refractivity contribution in [1.29, 1.82) is 0 Å². The van der Waals surface area contributed by atoms with Gasteiger partial charge in [-0.3, -0.25) is 4.79 Å². The third-order valence-corrected chi connectivity index (χ3v) is 4.15. The molecule has 0 spiro atoms. The van der Waals surface area contributed by atoms with Gasteiger partial charge in [-0.25, -0.2) is 17.8 Å². The molecular formula is C15H11ClFNO3S. The van der Waals surface area contributed by atoms with Crippen molar-refractivity contribution in [2.24, 2.45) is 0 Å². The van der Waals surface area contributed by atoms with Crippen LogP contribution in [0.3, 0.4) is 0 Å². The molecule has 0 radical (unpaired) electrons. The van der Waals surface area contributed by atoms with E-state index in [0.717, 1.165) is 18.4 Å². The Balaban J connectivity index is 2.23. The molecule has 0 aliphatic carbocycles. The molecule has 0 bridgehead atoms. The lowest BCUT2D eigenvalue weighted by Crippen LogP contribution is -2.03. The van der Waals surface area contributed by atoms with E-state index in [-0.39, 0.29) is 5.56 Å². The van der Waals surface area contributed by atoms with Gasteiger partial charge in [-0.1, -0.05) is 17.7 Å². The number of aromatic nitrogens is 1. The van der Waals surface area contributed by atoms with Gasteiger partial charge >= 0.3 is 0 Å². The summed E-state index contributed by atoms with van der Waals surface area (Å²) in [7, 11) is -3.66. The zero-order valence-corrected chi connectivity index (χ0v) is 13.0. The van der Waals surface area contributed by atoms with Crippen molar-refractivity contribution >= 4 is 33.3 Å². The van der Waals surface area contributed by atoms with Gasteiger partial charge in [0, 0.05) is 18.0 Å². The molecule has 0 aliphatic heterocycles. The van der Waals surface area contributed by atoms with E-state index in [1.807, 2.05) is 0 Å². The van der Waals surface area contributed by atoms with Crippen molar-refractivity contribution < 1.29 is 17.6 Å². The molecule has 2 rings (SSSR count). The third-order valence-electron chi connectivity index (χ3n) is 2.79. The quantitative estimate of drug-likeness (QED) is 0.487. The summed E-state index contributed by atoms with van der Waals surface area (Å²) in [6.07, 6.45) is 5.15. The molecule has 1 heterocycles. The molecule has 0 saturated carbocycles. The molecule has 7 heteroatoms. The van der Waals surface area contributed by atoms with Crippen molar-refractivity contribution in [2.75, 3.05) is 6.26 Å². The third kappa shape index (κ3) is 3.99. The Kier molecular flexibility index (Phi) is 4.73. The standard InChI is InChI=1S/C15H11ClFNO3S/c1-22(20,21)14-6-4-11(8-12(14)17)13(19)5-2-10-3-7-15(16)18-9-10/h2-9H,1H3. The predicted molar refractivity (Wildman–Crippen MR) is 82.1 cm³/mol. The van der Waals surface area contributed by atoms with E-state index in [9.17, 15) is 17.6 Å². The monoisotopic (exact) mass is 339 g/mol. The summed E-state index contributed by atoms with van der Waals surface area (Å²) in [5.41, 5.74) is 0.717. The van der Waals surface area contributed by atoms with Crippen LogP contribution in [0.15, 0.2) is 47.5 Å². The van der Waals surface area contributed by atoms with Crippen LogP contribution in [-0.4, -0.2) is 25.4 Å². The number of allylic oxidation sites excluding steroid dienone is 1. The minimum atomic E-state index is -3.66. The van der Waals surface area contributed by atoms with E-state index in [0.29, 0.717) is 10.7 Å². The minimum Gasteiger partial charge on any atom is -0.289 e. The normalized spacial score (nSPS) is 11.8. The topological polar surface area (TPSA) is 64.1 Å². The van der Waals surface area contributed by atoms with Crippen LogP contribution in [0.2, 0.25) is 5.15 Å². The van der Waals surface area contributed by atoms with Gasteiger partial charge in [0.1, 0.15) is 15.9 Å². The number of rotatable bonds is 4. The van der Waals surface area contributed by atoms with E-state index < -0.39 is 26.3 Å². The Hall–Kier alpha value is -2.05. The van der Waals surface area contributed by atoms with Crippen molar-refractivity contribution in [3.63, 3.8) is 0 Å². The van der Waals surface area contributed by atoms with Gasteiger partial charge in [-0.2, -0.15) is 0 Å².